The zero-order valence-corrected chi connectivity index (χ0v) is 12.1. The summed E-state index contributed by atoms with van der Waals surface area (Å²) in [6, 6.07) is 2.52. The number of fused-ring (bicyclic) bond motifs is 3. The topological polar surface area (TPSA) is 37.2 Å². The molecule has 0 unspecified atom stereocenters. The molecule has 20 heavy (non-hydrogen) atoms. The maximum absolute atomic E-state index is 13.2. The van der Waals surface area contributed by atoms with E-state index in [2.05, 4.69) is 21.2 Å². The summed E-state index contributed by atoms with van der Waals surface area (Å²) in [5, 5.41) is 13.7. The van der Waals surface area contributed by atoms with Crippen molar-refractivity contribution in [3.63, 3.8) is 0 Å². The Bertz CT molecular complexity index is 693. The highest BCUT2D eigenvalue weighted by Gasteiger charge is 2.37. The van der Waals surface area contributed by atoms with Crippen LogP contribution in [-0.2, 0) is 12.7 Å². The van der Waals surface area contributed by atoms with E-state index in [4.69, 9.17) is 0 Å². The van der Waals surface area contributed by atoms with E-state index in [1.54, 1.807) is 10.6 Å². The van der Waals surface area contributed by atoms with Gasteiger partial charge in [-0.1, -0.05) is 15.9 Å². The molecule has 2 aromatic rings. The van der Waals surface area contributed by atoms with Crippen LogP contribution in [0.3, 0.4) is 0 Å². The molecular weight excluding hydrogens is 337 g/mol. The van der Waals surface area contributed by atoms with Gasteiger partial charge in [0.2, 0.25) is 0 Å². The number of rotatable bonds is 0. The molecule has 1 aliphatic rings. The van der Waals surface area contributed by atoms with Crippen molar-refractivity contribution in [1.29, 1.82) is 0 Å². The molecule has 1 aliphatic heterocycles. The van der Waals surface area contributed by atoms with Crippen molar-refractivity contribution in [2.75, 3.05) is 6.54 Å². The number of aromatic hydroxyl groups is 1. The fraction of sp³-hybridized carbons (Fsp3) is 0.385. The summed E-state index contributed by atoms with van der Waals surface area (Å²) in [6.07, 6.45) is -4.51. The Labute approximate surface area is 121 Å². The summed E-state index contributed by atoms with van der Waals surface area (Å²) in [6.45, 7) is 2.94. The van der Waals surface area contributed by atoms with Crippen molar-refractivity contribution in [1.82, 2.24) is 9.88 Å². The molecule has 0 fully saturated rings. The molecule has 0 aliphatic carbocycles. The van der Waals surface area contributed by atoms with Crippen molar-refractivity contribution in [3.8, 4) is 5.88 Å². The zero-order valence-electron chi connectivity index (χ0n) is 10.6. The second kappa shape index (κ2) is 4.39. The van der Waals surface area contributed by atoms with Crippen LogP contribution < -0.4 is 5.32 Å². The molecule has 1 atom stereocenters. The van der Waals surface area contributed by atoms with Gasteiger partial charge in [0.25, 0.3) is 0 Å². The van der Waals surface area contributed by atoms with Crippen LogP contribution in [0.4, 0.5) is 13.2 Å². The molecule has 3 rings (SSSR count). The Morgan fingerprint density at radius 1 is 1.40 bits per heavy atom. The second-order valence-corrected chi connectivity index (χ2v) is 5.83. The quantitative estimate of drug-likeness (QED) is 0.759. The van der Waals surface area contributed by atoms with E-state index < -0.39 is 11.7 Å². The lowest BCUT2D eigenvalue weighted by atomic mass is 10.0. The minimum absolute atomic E-state index is 0.109. The molecule has 1 aromatic heterocycles. The van der Waals surface area contributed by atoms with E-state index >= 15 is 0 Å². The van der Waals surface area contributed by atoms with E-state index in [1.807, 2.05) is 6.92 Å². The summed E-state index contributed by atoms with van der Waals surface area (Å²) < 4.78 is 41.5. The fourth-order valence-corrected chi connectivity index (χ4v) is 3.31. The molecule has 0 saturated carbocycles. The minimum Gasteiger partial charge on any atom is -0.494 e. The van der Waals surface area contributed by atoms with Gasteiger partial charge in [-0.15, -0.1) is 0 Å². The molecule has 0 amide bonds. The predicted octanol–water partition coefficient (Wildman–Crippen LogP) is 3.79. The molecule has 0 bridgehead atoms. The average Bonchev–Trinajstić information content (AvgIpc) is 2.62. The summed E-state index contributed by atoms with van der Waals surface area (Å²) in [7, 11) is 0. The predicted molar refractivity (Wildman–Crippen MR) is 72.7 cm³/mol. The van der Waals surface area contributed by atoms with E-state index in [1.165, 1.54) is 0 Å². The normalized spacial score (nSPS) is 19.4. The summed E-state index contributed by atoms with van der Waals surface area (Å²) in [5.41, 5.74) is -0.121. The van der Waals surface area contributed by atoms with Crippen LogP contribution in [0.2, 0.25) is 0 Å². The lowest BCUT2D eigenvalue weighted by Crippen LogP contribution is -2.31. The molecule has 108 valence electrons. The van der Waals surface area contributed by atoms with Crippen LogP contribution in [0.25, 0.3) is 10.8 Å². The van der Waals surface area contributed by atoms with E-state index in [9.17, 15) is 18.3 Å². The van der Waals surface area contributed by atoms with Gasteiger partial charge in [0.1, 0.15) is 0 Å². The van der Waals surface area contributed by atoms with Crippen LogP contribution in [0.5, 0.6) is 5.88 Å². The van der Waals surface area contributed by atoms with Crippen molar-refractivity contribution in [3.05, 3.63) is 27.9 Å². The molecule has 0 radical (unpaired) electrons. The van der Waals surface area contributed by atoms with E-state index in [0.717, 1.165) is 6.07 Å². The van der Waals surface area contributed by atoms with Gasteiger partial charge < -0.3 is 15.0 Å². The first-order valence-corrected chi connectivity index (χ1v) is 6.95. The lowest BCUT2D eigenvalue weighted by Gasteiger charge is -2.23. The van der Waals surface area contributed by atoms with Gasteiger partial charge >= 0.3 is 6.18 Å². The maximum atomic E-state index is 13.2. The number of benzene rings is 1. The number of halogens is 4. The molecule has 0 saturated heterocycles. The van der Waals surface area contributed by atoms with Crippen LogP contribution in [-0.4, -0.2) is 16.2 Å². The zero-order chi connectivity index (χ0) is 14.7. The summed E-state index contributed by atoms with van der Waals surface area (Å²) in [4.78, 5) is 0. The Morgan fingerprint density at radius 3 is 2.75 bits per heavy atom. The van der Waals surface area contributed by atoms with Gasteiger partial charge in [-0.3, -0.25) is 0 Å². The summed E-state index contributed by atoms with van der Waals surface area (Å²) in [5.74, 6) is -0.303. The Hall–Kier alpha value is -1.21. The lowest BCUT2D eigenvalue weighted by molar-refractivity contribution is -0.136. The highest BCUT2D eigenvalue weighted by molar-refractivity contribution is 9.10. The van der Waals surface area contributed by atoms with Gasteiger partial charge in [-0.05, 0) is 19.1 Å². The van der Waals surface area contributed by atoms with Crippen molar-refractivity contribution in [2.45, 2.75) is 25.7 Å². The maximum Gasteiger partial charge on any atom is 0.417 e. The van der Waals surface area contributed by atoms with Gasteiger partial charge in [-0.25, -0.2) is 0 Å². The molecule has 1 aromatic carbocycles. The van der Waals surface area contributed by atoms with E-state index in [-0.39, 0.29) is 17.3 Å². The molecule has 7 heteroatoms. The van der Waals surface area contributed by atoms with Crippen LogP contribution >= 0.6 is 15.9 Å². The standard InChI is InChI=1S/C13H12BrF3N2O/c1-6-11-8-4-7(14)5-9(13(15,16)17)10(8)12(20)19(11)3-2-18-6/h4-6,18,20H,2-3H2,1H3/t6-/m1/s1. The highest BCUT2D eigenvalue weighted by Crippen LogP contribution is 2.45. The van der Waals surface area contributed by atoms with Crippen molar-refractivity contribution >= 4 is 26.7 Å². The first-order chi connectivity index (χ1) is 9.30. The van der Waals surface area contributed by atoms with Crippen LogP contribution in [0.1, 0.15) is 24.2 Å². The number of nitrogens with one attached hydrogen (secondary N) is 1. The Kier molecular flexibility index (Phi) is 3.02. The number of aromatic nitrogens is 1. The van der Waals surface area contributed by atoms with Crippen LogP contribution in [0, 0.1) is 0 Å². The largest absolute Gasteiger partial charge is 0.494 e. The number of hydrogen-bond donors (Lipinski definition) is 2. The third kappa shape index (κ3) is 1.91. The number of alkyl halides is 3. The first kappa shape index (κ1) is 13.8. The first-order valence-electron chi connectivity index (χ1n) is 6.16. The van der Waals surface area contributed by atoms with Gasteiger partial charge in [-0.2, -0.15) is 13.2 Å². The number of nitrogens with zero attached hydrogens (tertiary/aromatic N) is 1. The molecule has 2 heterocycles. The third-order valence-electron chi connectivity index (χ3n) is 3.65. The monoisotopic (exact) mass is 348 g/mol. The summed E-state index contributed by atoms with van der Waals surface area (Å²) >= 11 is 3.12. The molecule has 0 spiro atoms. The Morgan fingerprint density at radius 2 is 2.10 bits per heavy atom. The molecule has 3 nitrogen and oxygen atoms in total. The number of hydrogen-bond acceptors (Lipinski definition) is 2. The second-order valence-electron chi connectivity index (χ2n) is 4.91. The van der Waals surface area contributed by atoms with Crippen LogP contribution in [0.15, 0.2) is 16.6 Å². The average molecular weight is 349 g/mol. The SMILES string of the molecule is C[C@H]1NCCn2c1c1cc(Br)cc(C(F)(F)F)c1c2O. The van der Waals surface area contributed by atoms with Gasteiger partial charge in [0.05, 0.1) is 10.9 Å². The smallest absolute Gasteiger partial charge is 0.417 e. The third-order valence-corrected chi connectivity index (χ3v) is 4.11. The van der Waals surface area contributed by atoms with Crippen molar-refractivity contribution in [2.24, 2.45) is 0 Å². The van der Waals surface area contributed by atoms with E-state index in [0.29, 0.717) is 28.6 Å². The minimum atomic E-state index is -4.51. The van der Waals surface area contributed by atoms with Crippen molar-refractivity contribution < 1.29 is 18.3 Å². The Balaban J connectivity index is 2.45. The molecular formula is C13H12BrF3N2O. The molecule has 2 N–H and O–H groups in total. The highest BCUT2D eigenvalue weighted by atomic mass is 79.9. The van der Waals surface area contributed by atoms with Gasteiger partial charge in [0.15, 0.2) is 5.88 Å². The van der Waals surface area contributed by atoms with Gasteiger partial charge in [0, 0.05) is 34.7 Å². The fourth-order valence-electron chi connectivity index (χ4n) is 2.85.